The fourth-order valence-corrected chi connectivity index (χ4v) is 1.37. The Bertz CT molecular complexity index is 520. The molecule has 16 heavy (non-hydrogen) atoms. The van der Waals surface area contributed by atoms with E-state index in [9.17, 15) is 4.79 Å². The molecule has 2 heterocycles. The van der Waals surface area contributed by atoms with Gasteiger partial charge in [0, 0.05) is 24.9 Å². The van der Waals surface area contributed by atoms with Crippen LogP contribution >= 0.6 is 0 Å². The largest absolute Gasteiger partial charge is 0.293 e. The number of aryl methyl sites for hydroxylation is 1. The van der Waals surface area contributed by atoms with Gasteiger partial charge in [-0.05, 0) is 25.1 Å². The first kappa shape index (κ1) is 10.4. The molecule has 0 aliphatic heterocycles. The topological polar surface area (TPSA) is 55.7 Å². The molecule has 0 saturated heterocycles. The van der Waals surface area contributed by atoms with Crippen LogP contribution in [-0.4, -0.2) is 20.7 Å². The van der Waals surface area contributed by atoms with Gasteiger partial charge in [0.25, 0.3) is 0 Å². The van der Waals surface area contributed by atoms with Gasteiger partial charge in [0.05, 0.1) is 5.69 Å². The summed E-state index contributed by atoms with van der Waals surface area (Å²) in [5.74, 6) is 0.679. The number of aromatic nitrogens is 3. The SMILES string of the molecule is CC(=O)c1ccc(-c2ccnc(C)n2)cn1. The molecule has 4 nitrogen and oxygen atoms in total. The summed E-state index contributed by atoms with van der Waals surface area (Å²) in [6.07, 6.45) is 3.36. The third-order valence-electron chi connectivity index (χ3n) is 2.20. The van der Waals surface area contributed by atoms with Crippen LogP contribution in [0.1, 0.15) is 23.2 Å². The molecule has 2 aromatic heterocycles. The minimum absolute atomic E-state index is 0.0366. The third kappa shape index (κ3) is 2.11. The molecular formula is C12H11N3O. The summed E-state index contributed by atoms with van der Waals surface area (Å²) in [6.45, 7) is 3.33. The maximum atomic E-state index is 11.1. The van der Waals surface area contributed by atoms with E-state index in [0.29, 0.717) is 11.5 Å². The minimum Gasteiger partial charge on any atom is -0.293 e. The summed E-state index contributed by atoms with van der Waals surface area (Å²) in [5, 5.41) is 0. The van der Waals surface area contributed by atoms with Crippen molar-refractivity contribution in [2.24, 2.45) is 0 Å². The van der Waals surface area contributed by atoms with Gasteiger partial charge >= 0.3 is 0 Å². The predicted molar refractivity (Wildman–Crippen MR) is 60.0 cm³/mol. The molecule has 2 rings (SSSR count). The molecule has 0 aliphatic carbocycles. The second-order valence-corrected chi connectivity index (χ2v) is 3.48. The number of ketones is 1. The van der Waals surface area contributed by atoms with Crippen LogP contribution < -0.4 is 0 Å². The van der Waals surface area contributed by atoms with E-state index in [1.54, 1.807) is 18.5 Å². The van der Waals surface area contributed by atoms with Gasteiger partial charge in [0.2, 0.25) is 0 Å². The van der Waals surface area contributed by atoms with Gasteiger partial charge in [-0.3, -0.25) is 9.78 Å². The van der Waals surface area contributed by atoms with Crippen molar-refractivity contribution in [1.82, 2.24) is 15.0 Å². The fourth-order valence-electron chi connectivity index (χ4n) is 1.37. The minimum atomic E-state index is -0.0366. The lowest BCUT2D eigenvalue weighted by Gasteiger charge is -2.01. The molecule has 2 aromatic rings. The number of hydrogen-bond donors (Lipinski definition) is 0. The second kappa shape index (κ2) is 4.18. The zero-order chi connectivity index (χ0) is 11.5. The highest BCUT2D eigenvalue weighted by Gasteiger charge is 2.03. The Hall–Kier alpha value is -2.10. The second-order valence-electron chi connectivity index (χ2n) is 3.48. The molecule has 0 aliphatic rings. The molecule has 0 spiro atoms. The zero-order valence-corrected chi connectivity index (χ0v) is 9.14. The maximum Gasteiger partial charge on any atom is 0.178 e. The summed E-state index contributed by atoms with van der Waals surface area (Å²) in [4.78, 5) is 23.4. The number of pyridine rings is 1. The van der Waals surface area contributed by atoms with Crippen LogP contribution in [-0.2, 0) is 0 Å². The van der Waals surface area contributed by atoms with Gasteiger partial charge in [-0.2, -0.15) is 0 Å². The lowest BCUT2D eigenvalue weighted by Crippen LogP contribution is -1.96. The Labute approximate surface area is 93.4 Å². The van der Waals surface area contributed by atoms with Gasteiger partial charge < -0.3 is 0 Å². The molecule has 0 amide bonds. The molecule has 0 N–H and O–H groups in total. The van der Waals surface area contributed by atoms with E-state index >= 15 is 0 Å². The van der Waals surface area contributed by atoms with Crippen LogP contribution in [0.5, 0.6) is 0 Å². The van der Waals surface area contributed by atoms with E-state index < -0.39 is 0 Å². The number of carbonyl (C=O) groups is 1. The van der Waals surface area contributed by atoms with Crippen LogP contribution in [0, 0.1) is 6.92 Å². The van der Waals surface area contributed by atoms with Crippen molar-refractivity contribution in [3.8, 4) is 11.3 Å². The van der Waals surface area contributed by atoms with Crippen molar-refractivity contribution >= 4 is 5.78 Å². The van der Waals surface area contributed by atoms with Crippen LogP contribution in [0.4, 0.5) is 0 Å². The van der Waals surface area contributed by atoms with Crippen molar-refractivity contribution in [2.75, 3.05) is 0 Å². The summed E-state index contributed by atoms with van der Waals surface area (Å²) in [5.41, 5.74) is 2.17. The summed E-state index contributed by atoms with van der Waals surface area (Å²) < 4.78 is 0. The highest BCUT2D eigenvalue weighted by atomic mass is 16.1. The van der Waals surface area contributed by atoms with Crippen molar-refractivity contribution in [3.05, 3.63) is 42.1 Å². The summed E-state index contributed by atoms with van der Waals surface area (Å²) >= 11 is 0. The van der Waals surface area contributed by atoms with E-state index in [1.807, 2.05) is 19.1 Å². The van der Waals surface area contributed by atoms with Gasteiger partial charge in [-0.1, -0.05) is 0 Å². The molecule has 0 aromatic carbocycles. The van der Waals surface area contributed by atoms with Crippen molar-refractivity contribution < 1.29 is 4.79 Å². The van der Waals surface area contributed by atoms with Crippen LogP contribution in [0.3, 0.4) is 0 Å². The van der Waals surface area contributed by atoms with Crippen molar-refractivity contribution in [3.63, 3.8) is 0 Å². The van der Waals surface area contributed by atoms with E-state index in [-0.39, 0.29) is 5.78 Å². The lowest BCUT2D eigenvalue weighted by molar-refractivity contribution is 0.101. The Morgan fingerprint density at radius 2 is 2.00 bits per heavy atom. The van der Waals surface area contributed by atoms with Crippen molar-refractivity contribution in [2.45, 2.75) is 13.8 Å². The summed E-state index contributed by atoms with van der Waals surface area (Å²) in [6, 6.07) is 5.36. The van der Waals surface area contributed by atoms with Crippen molar-refractivity contribution in [1.29, 1.82) is 0 Å². The monoisotopic (exact) mass is 213 g/mol. The molecule has 0 radical (unpaired) electrons. The Balaban J connectivity index is 2.38. The average Bonchev–Trinajstić information content (AvgIpc) is 2.29. The van der Waals surface area contributed by atoms with Gasteiger partial charge in [0.1, 0.15) is 11.5 Å². The first-order chi connectivity index (χ1) is 7.66. The van der Waals surface area contributed by atoms with E-state index in [4.69, 9.17) is 0 Å². The first-order valence-corrected chi connectivity index (χ1v) is 4.94. The Kier molecular flexibility index (Phi) is 2.72. The smallest absolute Gasteiger partial charge is 0.178 e. The number of hydrogen-bond acceptors (Lipinski definition) is 4. The van der Waals surface area contributed by atoms with Crippen LogP contribution in [0.2, 0.25) is 0 Å². The highest BCUT2D eigenvalue weighted by molar-refractivity contribution is 5.92. The average molecular weight is 213 g/mol. The molecule has 0 atom stereocenters. The molecule has 0 bridgehead atoms. The Morgan fingerprint density at radius 3 is 2.56 bits per heavy atom. The van der Waals surface area contributed by atoms with Gasteiger partial charge in [-0.25, -0.2) is 9.97 Å². The zero-order valence-electron chi connectivity index (χ0n) is 9.14. The standard InChI is InChI=1S/C12H11N3O/c1-8(16)11-4-3-10(7-14-11)12-5-6-13-9(2)15-12/h3-7H,1-2H3. The molecule has 0 unspecified atom stereocenters. The molecule has 0 fully saturated rings. The predicted octanol–water partition coefficient (Wildman–Crippen LogP) is 2.05. The lowest BCUT2D eigenvalue weighted by atomic mass is 10.1. The molecule has 80 valence electrons. The van der Waals surface area contributed by atoms with Crippen LogP contribution in [0.25, 0.3) is 11.3 Å². The highest BCUT2D eigenvalue weighted by Crippen LogP contribution is 2.15. The fraction of sp³-hybridized carbons (Fsp3) is 0.167. The number of Topliss-reactive ketones (excluding diaryl/α,β-unsaturated/α-hetero) is 1. The normalized spacial score (nSPS) is 10.1. The third-order valence-corrected chi connectivity index (χ3v) is 2.20. The summed E-state index contributed by atoms with van der Waals surface area (Å²) in [7, 11) is 0. The molecule has 0 saturated carbocycles. The maximum absolute atomic E-state index is 11.1. The molecule has 4 heteroatoms. The van der Waals surface area contributed by atoms with E-state index in [0.717, 1.165) is 11.3 Å². The number of carbonyl (C=O) groups excluding carboxylic acids is 1. The van der Waals surface area contributed by atoms with E-state index in [1.165, 1.54) is 6.92 Å². The van der Waals surface area contributed by atoms with Gasteiger partial charge in [0.15, 0.2) is 5.78 Å². The Morgan fingerprint density at radius 1 is 1.19 bits per heavy atom. The number of rotatable bonds is 2. The first-order valence-electron chi connectivity index (χ1n) is 4.94. The quantitative estimate of drug-likeness (QED) is 0.716. The van der Waals surface area contributed by atoms with Gasteiger partial charge in [-0.15, -0.1) is 0 Å². The van der Waals surface area contributed by atoms with Crippen LogP contribution in [0.15, 0.2) is 30.6 Å². The molecular weight excluding hydrogens is 202 g/mol. The van der Waals surface area contributed by atoms with E-state index in [2.05, 4.69) is 15.0 Å². The number of nitrogens with zero attached hydrogens (tertiary/aromatic N) is 3.